The second-order valence-electron chi connectivity index (χ2n) is 4.58. The topological polar surface area (TPSA) is 78.7 Å². The van der Waals surface area contributed by atoms with Crippen LogP contribution in [0, 0.1) is 22.5 Å². The molecule has 21 heavy (non-hydrogen) atoms. The number of piperazine rings is 1. The van der Waals surface area contributed by atoms with Gasteiger partial charge in [-0.2, -0.15) is 0 Å². The molecule has 2 rings (SSSR count). The number of urea groups is 1. The summed E-state index contributed by atoms with van der Waals surface area (Å²) < 4.78 is 0. The molecule has 1 fully saturated rings. The number of nitro groups is 1. The number of hydrogen-bond donors (Lipinski definition) is 1. The second kappa shape index (κ2) is 6.61. The number of terminal acetylenes is 1. The van der Waals surface area contributed by atoms with Crippen molar-refractivity contribution in [2.75, 3.05) is 37.6 Å². The first-order valence-electron chi connectivity index (χ1n) is 6.58. The number of rotatable bonds is 3. The minimum atomic E-state index is -0.388. The van der Waals surface area contributed by atoms with E-state index in [0.717, 1.165) is 0 Å². The number of para-hydroxylation sites is 2. The van der Waals surface area contributed by atoms with Gasteiger partial charge in [-0.15, -0.1) is 6.42 Å². The molecule has 1 heterocycles. The number of carbonyl (C=O) groups is 1. The Balaban J connectivity index is 2.00. The summed E-state index contributed by atoms with van der Waals surface area (Å²) in [6.45, 7) is 2.30. The highest BCUT2D eigenvalue weighted by molar-refractivity contribution is 5.75. The molecule has 1 aliphatic heterocycles. The van der Waals surface area contributed by atoms with Crippen molar-refractivity contribution in [2.45, 2.75) is 0 Å². The fraction of sp³-hybridized carbons (Fsp3) is 0.357. The van der Waals surface area contributed by atoms with Crippen LogP contribution in [0.2, 0.25) is 0 Å². The zero-order valence-corrected chi connectivity index (χ0v) is 11.5. The SMILES string of the molecule is C#CCNC(=O)N1CCN(c2ccccc2[N+](=O)[O-])CC1. The molecular weight excluding hydrogens is 272 g/mol. The van der Waals surface area contributed by atoms with Gasteiger partial charge in [0.1, 0.15) is 5.69 Å². The maximum Gasteiger partial charge on any atom is 0.318 e. The highest BCUT2D eigenvalue weighted by Gasteiger charge is 2.25. The molecule has 2 amide bonds. The van der Waals surface area contributed by atoms with Crippen LogP contribution in [0.1, 0.15) is 0 Å². The van der Waals surface area contributed by atoms with Crippen LogP contribution >= 0.6 is 0 Å². The number of nitro benzene ring substituents is 1. The number of carbonyl (C=O) groups excluding carboxylic acids is 1. The second-order valence-corrected chi connectivity index (χ2v) is 4.58. The van der Waals surface area contributed by atoms with E-state index >= 15 is 0 Å². The van der Waals surface area contributed by atoms with Crippen LogP contribution in [0.4, 0.5) is 16.2 Å². The highest BCUT2D eigenvalue weighted by Crippen LogP contribution is 2.28. The number of nitrogens with one attached hydrogen (secondary N) is 1. The monoisotopic (exact) mass is 288 g/mol. The predicted octanol–water partition coefficient (Wildman–Crippen LogP) is 1.06. The molecule has 0 unspecified atom stereocenters. The minimum absolute atomic E-state index is 0.0859. The summed E-state index contributed by atoms with van der Waals surface area (Å²) in [5.41, 5.74) is 0.675. The molecule has 7 heteroatoms. The standard InChI is InChI=1S/C14H16N4O3/c1-2-7-15-14(19)17-10-8-16(9-11-17)12-5-3-4-6-13(12)18(20)21/h1,3-6H,7-11H2,(H,15,19). The molecule has 0 aromatic heterocycles. The smallest absolute Gasteiger partial charge is 0.318 e. The summed E-state index contributed by atoms with van der Waals surface area (Å²) >= 11 is 0. The summed E-state index contributed by atoms with van der Waals surface area (Å²) in [6, 6.07) is 6.43. The van der Waals surface area contributed by atoms with E-state index < -0.39 is 0 Å². The molecule has 1 aromatic carbocycles. The Hall–Kier alpha value is -2.75. The van der Waals surface area contributed by atoms with Crippen molar-refractivity contribution < 1.29 is 9.72 Å². The molecule has 0 saturated carbocycles. The maximum absolute atomic E-state index is 11.8. The molecule has 7 nitrogen and oxygen atoms in total. The van der Waals surface area contributed by atoms with Crippen molar-refractivity contribution in [2.24, 2.45) is 0 Å². The molecule has 0 bridgehead atoms. The number of anilines is 1. The Bertz CT molecular complexity index is 574. The Labute approximate surface area is 122 Å². The number of hydrogen-bond acceptors (Lipinski definition) is 4. The Kier molecular flexibility index (Phi) is 4.61. The van der Waals surface area contributed by atoms with E-state index in [-0.39, 0.29) is 23.2 Å². The van der Waals surface area contributed by atoms with E-state index in [2.05, 4.69) is 11.2 Å². The lowest BCUT2D eigenvalue weighted by molar-refractivity contribution is -0.384. The van der Waals surface area contributed by atoms with Crippen molar-refractivity contribution in [1.29, 1.82) is 0 Å². The summed E-state index contributed by atoms with van der Waals surface area (Å²) in [6.07, 6.45) is 5.09. The lowest BCUT2D eigenvalue weighted by Gasteiger charge is -2.35. The van der Waals surface area contributed by atoms with E-state index in [1.54, 1.807) is 23.1 Å². The lowest BCUT2D eigenvalue weighted by atomic mass is 10.2. The van der Waals surface area contributed by atoms with Gasteiger partial charge in [-0.05, 0) is 6.07 Å². The van der Waals surface area contributed by atoms with Gasteiger partial charge < -0.3 is 15.1 Å². The third-order valence-corrected chi connectivity index (χ3v) is 3.33. The first-order chi connectivity index (χ1) is 10.1. The maximum atomic E-state index is 11.8. The van der Waals surface area contributed by atoms with Crippen LogP contribution in [0.5, 0.6) is 0 Å². The van der Waals surface area contributed by atoms with Crippen molar-refractivity contribution in [3.63, 3.8) is 0 Å². The molecule has 1 saturated heterocycles. The van der Waals surface area contributed by atoms with E-state index in [4.69, 9.17) is 6.42 Å². The van der Waals surface area contributed by atoms with Crippen molar-refractivity contribution in [1.82, 2.24) is 10.2 Å². The Morgan fingerprint density at radius 3 is 2.62 bits per heavy atom. The summed E-state index contributed by atoms with van der Waals surface area (Å²) in [7, 11) is 0. The van der Waals surface area contributed by atoms with Crippen molar-refractivity contribution in [3.05, 3.63) is 34.4 Å². The summed E-state index contributed by atoms with van der Waals surface area (Å²) in [4.78, 5) is 26.0. The quantitative estimate of drug-likeness (QED) is 0.512. The fourth-order valence-corrected chi connectivity index (χ4v) is 2.27. The molecule has 0 aliphatic carbocycles. The summed E-state index contributed by atoms with van der Waals surface area (Å²) in [5.74, 6) is 2.35. The molecule has 0 radical (unpaired) electrons. The predicted molar refractivity (Wildman–Crippen MR) is 79.1 cm³/mol. The Morgan fingerprint density at radius 2 is 2.00 bits per heavy atom. The summed E-state index contributed by atoms with van der Waals surface area (Å²) in [5, 5.41) is 13.7. The normalized spacial score (nSPS) is 14.4. The Morgan fingerprint density at radius 1 is 1.33 bits per heavy atom. The first kappa shape index (κ1) is 14.7. The number of benzene rings is 1. The van der Waals surface area contributed by atoms with Crippen molar-refractivity contribution >= 4 is 17.4 Å². The third-order valence-electron chi connectivity index (χ3n) is 3.33. The highest BCUT2D eigenvalue weighted by atomic mass is 16.6. The van der Waals surface area contributed by atoms with Gasteiger partial charge >= 0.3 is 6.03 Å². The largest absolute Gasteiger partial charge is 0.362 e. The molecule has 1 N–H and O–H groups in total. The van der Waals surface area contributed by atoms with Gasteiger partial charge in [0.15, 0.2) is 0 Å². The third kappa shape index (κ3) is 3.42. The molecule has 0 atom stereocenters. The van der Waals surface area contributed by atoms with Gasteiger partial charge in [0.25, 0.3) is 5.69 Å². The van der Waals surface area contributed by atoms with Crippen LogP contribution in [0.25, 0.3) is 0 Å². The van der Waals surface area contributed by atoms with Crippen LogP contribution in [-0.2, 0) is 0 Å². The number of nitrogens with zero attached hydrogens (tertiary/aromatic N) is 3. The average molecular weight is 288 g/mol. The lowest BCUT2D eigenvalue weighted by Crippen LogP contribution is -2.52. The van der Waals surface area contributed by atoms with Gasteiger partial charge in [0.2, 0.25) is 0 Å². The number of amides is 2. The van der Waals surface area contributed by atoms with Gasteiger partial charge in [-0.1, -0.05) is 18.1 Å². The fourth-order valence-electron chi connectivity index (χ4n) is 2.27. The molecule has 1 aromatic rings. The van der Waals surface area contributed by atoms with E-state index in [1.165, 1.54) is 6.07 Å². The van der Waals surface area contributed by atoms with E-state index in [1.807, 2.05) is 4.90 Å². The zero-order valence-electron chi connectivity index (χ0n) is 11.5. The first-order valence-corrected chi connectivity index (χ1v) is 6.58. The molecule has 1 aliphatic rings. The zero-order chi connectivity index (χ0) is 15.2. The van der Waals surface area contributed by atoms with Gasteiger partial charge in [0.05, 0.1) is 11.5 Å². The van der Waals surface area contributed by atoms with Crippen LogP contribution in [0.3, 0.4) is 0 Å². The van der Waals surface area contributed by atoms with Crippen LogP contribution in [0.15, 0.2) is 24.3 Å². The van der Waals surface area contributed by atoms with Crippen LogP contribution < -0.4 is 10.2 Å². The van der Waals surface area contributed by atoms with E-state index in [9.17, 15) is 14.9 Å². The minimum Gasteiger partial charge on any atom is -0.362 e. The molecule has 110 valence electrons. The van der Waals surface area contributed by atoms with E-state index in [0.29, 0.717) is 31.9 Å². The van der Waals surface area contributed by atoms with Gasteiger partial charge in [-0.3, -0.25) is 10.1 Å². The average Bonchev–Trinajstić information content (AvgIpc) is 2.52. The van der Waals surface area contributed by atoms with Crippen LogP contribution in [-0.4, -0.2) is 48.6 Å². The molecule has 0 spiro atoms. The van der Waals surface area contributed by atoms with Crippen molar-refractivity contribution in [3.8, 4) is 12.3 Å². The van der Waals surface area contributed by atoms with Gasteiger partial charge in [0, 0.05) is 32.2 Å². The molecular formula is C14H16N4O3. The van der Waals surface area contributed by atoms with Gasteiger partial charge in [-0.25, -0.2) is 4.79 Å².